The van der Waals surface area contributed by atoms with E-state index >= 15 is 0 Å². The molecule has 1 aliphatic heterocycles. The summed E-state index contributed by atoms with van der Waals surface area (Å²) >= 11 is 11.3. The molecule has 0 radical (unpaired) electrons. The van der Waals surface area contributed by atoms with Gasteiger partial charge in [0.1, 0.15) is 0 Å². The standard InChI is InChI=1S/C25H17Cl2F4NO2/c26-20-11-16(12-21(27)22(20)28)19(25(29,30)31)10-9-14-5-7-15(8-6-14)13-32-23(33)17-3-1-2-4-18(17)24(32)34/h1-12,19,23,33H,13H2/b10-9+. The third kappa shape index (κ3) is 4.82. The molecule has 2 atom stereocenters. The molecule has 0 aliphatic carbocycles. The summed E-state index contributed by atoms with van der Waals surface area (Å²) < 4.78 is 54.6. The minimum absolute atomic E-state index is 0.135. The largest absolute Gasteiger partial charge is 0.399 e. The van der Waals surface area contributed by atoms with E-state index in [1.165, 1.54) is 11.0 Å². The molecule has 4 rings (SSSR count). The van der Waals surface area contributed by atoms with Crippen molar-refractivity contribution in [1.82, 2.24) is 4.90 Å². The highest BCUT2D eigenvalue weighted by atomic mass is 35.5. The van der Waals surface area contributed by atoms with Gasteiger partial charge in [-0.3, -0.25) is 4.79 Å². The van der Waals surface area contributed by atoms with Crippen LogP contribution >= 0.6 is 23.2 Å². The van der Waals surface area contributed by atoms with E-state index in [0.717, 1.165) is 18.2 Å². The molecule has 0 spiro atoms. The van der Waals surface area contributed by atoms with Crippen molar-refractivity contribution < 1.29 is 27.5 Å². The lowest BCUT2D eigenvalue weighted by Gasteiger charge is -2.21. The van der Waals surface area contributed by atoms with Crippen LogP contribution < -0.4 is 0 Å². The molecule has 0 fully saturated rings. The molecule has 3 aromatic rings. The third-order valence-corrected chi connectivity index (χ3v) is 6.11. The molecule has 2 unspecified atom stereocenters. The van der Waals surface area contributed by atoms with Crippen LogP contribution in [0.15, 0.2) is 66.7 Å². The number of hydrogen-bond acceptors (Lipinski definition) is 2. The monoisotopic (exact) mass is 509 g/mol. The normalized spacial score (nSPS) is 16.9. The molecule has 1 aliphatic rings. The summed E-state index contributed by atoms with van der Waals surface area (Å²) in [6.45, 7) is 0.135. The fourth-order valence-electron chi connectivity index (χ4n) is 3.81. The number of carbonyl (C=O) groups excluding carboxylic acids is 1. The van der Waals surface area contributed by atoms with Crippen molar-refractivity contribution in [3.8, 4) is 0 Å². The second-order valence-electron chi connectivity index (χ2n) is 7.81. The molecule has 0 aromatic heterocycles. The first-order valence-electron chi connectivity index (χ1n) is 10.1. The average Bonchev–Trinajstić information content (AvgIpc) is 3.03. The maximum atomic E-state index is 13.7. The van der Waals surface area contributed by atoms with Gasteiger partial charge in [0.15, 0.2) is 12.0 Å². The Morgan fingerprint density at radius 2 is 1.65 bits per heavy atom. The van der Waals surface area contributed by atoms with Gasteiger partial charge in [-0.1, -0.05) is 77.8 Å². The van der Waals surface area contributed by atoms with Gasteiger partial charge in [0.25, 0.3) is 5.91 Å². The molecule has 3 aromatic carbocycles. The molecule has 34 heavy (non-hydrogen) atoms. The lowest BCUT2D eigenvalue weighted by molar-refractivity contribution is -0.139. The molecular weight excluding hydrogens is 493 g/mol. The number of carbonyl (C=O) groups is 1. The Balaban J connectivity index is 1.51. The van der Waals surface area contributed by atoms with Crippen LogP contribution in [0.5, 0.6) is 0 Å². The molecule has 1 N–H and O–H groups in total. The van der Waals surface area contributed by atoms with Crippen molar-refractivity contribution >= 4 is 35.2 Å². The number of alkyl halides is 3. The zero-order chi connectivity index (χ0) is 24.6. The summed E-state index contributed by atoms with van der Waals surface area (Å²) in [5.41, 5.74) is 1.87. The number of halogens is 6. The number of nitrogens with zero attached hydrogens (tertiary/aromatic N) is 1. The Morgan fingerprint density at radius 1 is 1.03 bits per heavy atom. The second kappa shape index (κ2) is 9.41. The minimum Gasteiger partial charge on any atom is -0.369 e. The third-order valence-electron chi connectivity index (χ3n) is 5.56. The summed E-state index contributed by atoms with van der Waals surface area (Å²) in [6, 6.07) is 15.1. The Labute approximate surface area is 202 Å². The molecule has 1 amide bonds. The van der Waals surface area contributed by atoms with Crippen LogP contribution in [-0.2, 0) is 6.54 Å². The van der Waals surface area contributed by atoms with Crippen LogP contribution in [0.25, 0.3) is 6.08 Å². The fraction of sp³-hybridized carbons (Fsp3) is 0.160. The van der Waals surface area contributed by atoms with E-state index in [0.29, 0.717) is 22.3 Å². The van der Waals surface area contributed by atoms with Crippen molar-refractivity contribution in [3.63, 3.8) is 0 Å². The maximum Gasteiger partial charge on any atom is 0.399 e. The molecule has 9 heteroatoms. The van der Waals surface area contributed by atoms with Crippen molar-refractivity contribution in [2.24, 2.45) is 0 Å². The highest BCUT2D eigenvalue weighted by molar-refractivity contribution is 6.35. The number of benzene rings is 3. The topological polar surface area (TPSA) is 40.5 Å². The predicted octanol–water partition coefficient (Wildman–Crippen LogP) is 7.14. The zero-order valence-electron chi connectivity index (χ0n) is 17.4. The SMILES string of the molecule is O=C1c2ccccc2C(O)N1Cc1ccc(/C=C/C(c2cc(Cl)c(F)c(Cl)c2)C(F)(F)F)cc1. The van der Waals surface area contributed by atoms with E-state index in [9.17, 15) is 27.5 Å². The van der Waals surface area contributed by atoms with E-state index in [-0.39, 0.29) is 18.0 Å². The second-order valence-corrected chi connectivity index (χ2v) is 8.63. The fourth-order valence-corrected chi connectivity index (χ4v) is 4.31. The van der Waals surface area contributed by atoms with Crippen LogP contribution in [0.3, 0.4) is 0 Å². The van der Waals surface area contributed by atoms with Gasteiger partial charge in [-0.2, -0.15) is 13.2 Å². The highest BCUT2D eigenvalue weighted by Gasteiger charge is 2.39. The molecule has 176 valence electrons. The Kier molecular flexibility index (Phi) is 6.71. The van der Waals surface area contributed by atoms with Gasteiger partial charge in [0.2, 0.25) is 0 Å². The zero-order valence-corrected chi connectivity index (χ0v) is 18.9. The number of allylic oxidation sites excluding steroid dienone is 1. The Morgan fingerprint density at radius 3 is 2.24 bits per heavy atom. The van der Waals surface area contributed by atoms with Gasteiger partial charge in [-0.05, 0) is 34.9 Å². The van der Waals surface area contributed by atoms with E-state index in [4.69, 9.17) is 23.2 Å². The number of aliphatic hydroxyl groups is 1. The number of hydrogen-bond donors (Lipinski definition) is 1. The molecule has 1 heterocycles. The highest BCUT2D eigenvalue weighted by Crippen LogP contribution is 2.39. The molecule has 0 saturated carbocycles. The molecular formula is C25H17Cl2F4NO2. The van der Waals surface area contributed by atoms with Crippen LogP contribution in [-0.4, -0.2) is 22.1 Å². The maximum absolute atomic E-state index is 13.7. The molecule has 0 saturated heterocycles. The van der Waals surface area contributed by atoms with Gasteiger partial charge in [-0.25, -0.2) is 4.39 Å². The van der Waals surface area contributed by atoms with Crippen LogP contribution in [0.2, 0.25) is 10.0 Å². The number of fused-ring (bicyclic) bond motifs is 1. The van der Waals surface area contributed by atoms with Crippen LogP contribution in [0.4, 0.5) is 17.6 Å². The summed E-state index contributed by atoms with van der Waals surface area (Å²) in [5, 5.41) is 9.48. The predicted molar refractivity (Wildman–Crippen MR) is 122 cm³/mol. The van der Waals surface area contributed by atoms with Gasteiger partial charge in [-0.15, -0.1) is 0 Å². The lowest BCUT2D eigenvalue weighted by atomic mass is 9.97. The van der Waals surface area contributed by atoms with E-state index < -0.39 is 34.2 Å². The minimum atomic E-state index is -4.65. The number of amides is 1. The first-order valence-corrected chi connectivity index (χ1v) is 10.9. The summed E-state index contributed by atoms with van der Waals surface area (Å²) in [6.07, 6.45) is -3.48. The number of rotatable bonds is 5. The first kappa shape index (κ1) is 24.3. The van der Waals surface area contributed by atoms with Crippen molar-refractivity contribution in [1.29, 1.82) is 0 Å². The Bertz CT molecular complexity index is 1240. The van der Waals surface area contributed by atoms with Gasteiger partial charge in [0, 0.05) is 17.7 Å². The van der Waals surface area contributed by atoms with E-state index in [1.54, 1.807) is 48.5 Å². The van der Waals surface area contributed by atoms with Gasteiger partial charge < -0.3 is 10.0 Å². The smallest absolute Gasteiger partial charge is 0.369 e. The lowest BCUT2D eigenvalue weighted by Crippen LogP contribution is -2.27. The van der Waals surface area contributed by atoms with Gasteiger partial charge >= 0.3 is 6.18 Å². The van der Waals surface area contributed by atoms with Crippen molar-refractivity contribution in [2.45, 2.75) is 24.9 Å². The van der Waals surface area contributed by atoms with Crippen LogP contribution in [0, 0.1) is 5.82 Å². The quantitative estimate of drug-likeness (QED) is 0.293. The summed E-state index contributed by atoms with van der Waals surface area (Å²) in [7, 11) is 0. The summed E-state index contributed by atoms with van der Waals surface area (Å²) in [4.78, 5) is 13.9. The summed E-state index contributed by atoms with van der Waals surface area (Å²) in [5.74, 6) is -3.31. The molecule has 3 nitrogen and oxygen atoms in total. The first-order chi connectivity index (χ1) is 16.1. The van der Waals surface area contributed by atoms with E-state index in [1.807, 2.05) is 0 Å². The van der Waals surface area contributed by atoms with Crippen molar-refractivity contribution in [3.05, 3.63) is 110 Å². The van der Waals surface area contributed by atoms with Gasteiger partial charge in [0.05, 0.1) is 16.0 Å². The Hall–Kier alpha value is -2.87. The molecule has 0 bridgehead atoms. The number of aliphatic hydroxyl groups excluding tert-OH is 1. The van der Waals surface area contributed by atoms with Crippen LogP contribution in [0.1, 0.15) is 44.8 Å². The van der Waals surface area contributed by atoms with E-state index in [2.05, 4.69) is 0 Å². The average molecular weight is 510 g/mol. The van der Waals surface area contributed by atoms with Crippen molar-refractivity contribution in [2.75, 3.05) is 0 Å².